The largest absolute Gasteiger partial charge is 0.313 e. The van der Waals surface area contributed by atoms with Crippen LogP contribution in [-0.2, 0) is 6.42 Å². The normalized spacial score (nSPS) is 12.6. The number of aryl methyl sites for hydroxylation is 1. The third kappa shape index (κ3) is 3.18. The van der Waals surface area contributed by atoms with Crippen LogP contribution >= 0.6 is 27.3 Å². The van der Waals surface area contributed by atoms with Gasteiger partial charge < -0.3 is 5.32 Å². The van der Waals surface area contributed by atoms with Crippen molar-refractivity contribution in [1.82, 2.24) is 5.32 Å². The first-order chi connectivity index (χ1) is 8.20. The molecule has 0 aliphatic carbocycles. The van der Waals surface area contributed by atoms with Crippen LogP contribution < -0.4 is 5.32 Å². The van der Waals surface area contributed by atoms with Crippen LogP contribution in [0.25, 0.3) is 0 Å². The Balaban J connectivity index is 2.23. The van der Waals surface area contributed by atoms with Gasteiger partial charge in [-0.2, -0.15) is 0 Å². The molecule has 90 valence electrons. The topological polar surface area (TPSA) is 12.0 Å². The van der Waals surface area contributed by atoms with Crippen molar-refractivity contribution in [2.45, 2.75) is 19.4 Å². The third-order valence-corrected chi connectivity index (χ3v) is 4.45. The molecular formula is C14H16BrNS. The van der Waals surface area contributed by atoms with E-state index in [-0.39, 0.29) is 0 Å². The van der Waals surface area contributed by atoms with Gasteiger partial charge >= 0.3 is 0 Å². The SMILES string of the molecule is CNC(Cc1cccs1)c1ccc(C)cc1Br. The van der Waals surface area contributed by atoms with Gasteiger partial charge in [-0.25, -0.2) is 0 Å². The van der Waals surface area contributed by atoms with Crippen molar-refractivity contribution < 1.29 is 0 Å². The number of likely N-dealkylation sites (N-methyl/N-ethyl adjacent to an activating group) is 1. The van der Waals surface area contributed by atoms with E-state index >= 15 is 0 Å². The van der Waals surface area contributed by atoms with Crippen molar-refractivity contribution in [3.05, 3.63) is 56.2 Å². The maximum atomic E-state index is 3.66. The van der Waals surface area contributed by atoms with Crippen LogP contribution in [0.1, 0.15) is 22.0 Å². The molecule has 17 heavy (non-hydrogen) atoms. The molecule has 0 bridgehead atoms. The molecule has 0 aliphatic rings. The van der Waals surface area contributed by atoms with Crippen molar-refractivity contribution in [3.63, 3.8) is 0 Å². The number of benzene rings is 1. The van der Waals surface area contributed by atoms with Crippen LogP contribution in [0.2, 0.25) is 0 Å². The Bertz CT molecular complexity index is 479. The zero-order chi connectivity index (χ0) is 12.3. The van der Waals surface area contributed by atoms with Crippen molar-refractivity contribution >= 4 is 27.3 Å². The summed E-state index contributed by atoms with van der Waals surface area (Å²) in [5, 5.41) is 5.52. The van der Waals surface area contributed by atoms with Crippen molar-refractivity contribution in [1.29, 1.82) is 0 Å². The summed E-state index contributed by atoms with van der Waals surface area (Å²) in [5.74, 6) is 0. The van der Waals surface area contributed by atoms with E-state index < -0.39 is 0 Å². The summed E-state index contributed by atoms with van der Waals surface area (Å²) in [6, 6.07) is 11.2. The summed E-state index contributed by atoms with van der Waals surface area (Å²) in [7, 11) is 2.02. The van der Waals surface area contributed by atoms with Gasteiger partial charge in [-0.3, -0.25) is 0 Å². The smallest absolute Gasteiger partial charge is 0.0377 e. The van der Waals surface area contributed by atoms with Crippen LogP contribution in [0.15, 0.2) is 40.2 Å². The number of nitrogens with one attached hydrogen (secondary N) is 1. The molecule has 1 atom stereocenters. The Kier molecular flexibility index (Phi) is 4.37. The Morgan fingerprint density at radius 1 is 1.35 bits per heavy atom. The van der Waals surface area contributed by atoms with Gasteiger partial charge in [-0.15, -0.1) is 11.3 Å². The molecule has 0 radical (unpaired) electrons. The molecule has 3 heteroatoms. The quantitative estimate of drug-likeness (QED) is 0.886. The summed E-state index contributed by atoms with van der Waals surface area (Å²) < 4.78 is 1.19. The monoisotopic (exact) mass is 309 g/mol. The highest BCUT2D eigenvalue weighted by Gasteiger charge is 2.13. The Morgan fingerprint density at radius 2 is 2.18 bits per heavy atom. The lowest BCUT2D eigenvalue weighted by Gasteiger charge is -2.17. The third-order valence-electron chi connectivity index (χ3n) is 2.87. The van der Waals surface area contributed by atoms with Gasteiger partial charge in [0, 0.05) is 21.8 Å². The van der Waals surface area contributed by atoms with Gasteiger partial charge in [0.25, 0.3) is 0 Å². The fourth-order valence-electron chi connectivity index (χ4n) is 1.91. The van der Waals surface area contributed by atoms with Crippen LogP contribution in [0.3, 0.4) is 0 Å². The van der Waals surface area contributed by atoms with E-state index in [4.69, 9.17) is 0 Å². The second-order valence-electron chi connectivity index (χ2n) is 4.15. The van der Waals surface area contributed by atoms with Crippen molar-refractivity contribution in [3.8, 4) is 0 Å². The molecule has 2 rings (SSSR count). The van der Waals surface area contributed by atoms with E-state index in [1.54, 1.807) is 0 Å². The first-order valence-electron chi connectivity index (χ1n) is 5.66. The van der Waals surface area contributed by atoms with E-state index in [9.17, 15) is 0 Å². The second-order valence-corrected chi connectivity index (χ2v) is 6.04. The summed E-state index contributed by atoms with van der Waals surface area (Å²) in [6.07, 6.45) is 1.04. The Labute approximate surface area is 115 Å². The minimum atomic E-state index is 0.364. The average molecular weight is 310 g/mol. The first-order valence-corrected chi connectivity index (χ1v) is 7.33. The van der Waals surface area contributed by atoms with E-state index in [2.05, 4.69) is 63.9 Å². The van der Waals surface area contributed by atoms with Gasteiger partial charge in [0.15, 0.2) is 0 Å². The maximum Gasteiger partial charge on any atom is 0.0377 e. The van der Waals surface area contributed by atoms with Crippen LogP contribution in [-0.4, -0.2) is 7.05 Å². The molecule has 1 N–H and O–H groups in total. The fourth-order valence-corrected chi connectivity index (χ4v) is 3.43. The minimum absolute atomic E-state index is 0.364. The zero-order valence-electron chi connectivity index (χ0n) is 10.0. The standard InChI is InChI=1S/C14H16BrNS/c1-10-5-6-12(13(15)8-10)14(16-2)9-11-4-3-7-17-11/h3-8,14,16H,9H2,1-2H3. The van der Waals surface area contributed by atoms with Gasteiger partial charge in [0.2, 0.25) is 0 Å². The molecule has 1 unspecified atom stereocenters. The molecule has 1 aromatic carbocycles. The summed E-state index contributed by atoms with van der Waals surface area (Å²) in [5.41, 5.74) is 2.61. The number of halogens is 1. The number of hydrogen-bond acceptors (Lipinski definition) is 2. The number of rotatable bonds is 4. The predicted molar refractivity (Wildman–Crippen MR) is 78.7 cm³/mol. The maximum absolute atomic E-state index is 3.66. The van der Waals surface area contributed by atoms with E-state index in [0.717, 1.165) is 6.42 Å². The predicted octanol–water partition coefficient (Wildman–Crippen LogP) is 4.32. The van der Waals surface area contributed by atoms with E-state index in [0.29, 0.717) is 6.04 Å². The van der Waals surface area contributed by atoms with Crippen molar-refractivity contribution in [2.24, 2.45) is 0 Å². The first kappa shape index (κ1) is 12.8. The molecule has 0 spiro atoms. The zero-order valence-corrected chi connectivity index (χ0v) is 12.4. The summed E-state index contributed by atoms with van der Waals surface area (Å²) in [6.45, 7) is 2.11. The number of hydrogen-bond donors (Lipinski definition) is 1. The molecule has 2 aromatic rings. The molecule has 0 amide bonds. The highest BCUT2D eigenvalue weighted by atomic mass is 79.9. The van der Waals surface area contributed by atoms with E-state index in [1.807, 2.05) is 18.4 Å². The van der Waals surface area contributed by atoms with Crippen molar-refractivity contribution in [2.75, 3.05) is 7.05 Å². The highest BCUT2D eigenvalue weighted by Crippen LogP contribution is 2.28. The molecule has 0 aliphatic heterocycles. The summed E-state index contributed by atoms with van der Waals surface area (Å²) >= 11 is 5.47. The molecule has 0 saturated heterocycles. The fraction of sp³-hybridized carbons (Fsp3) is 0.286. The molecule has 1 aromatic heterocycles. The number of thiophene rings is 1. The highest BCUT2D eigenvalue weighted by molar-refractivity contribution is 9.10. The minimum Gasteiger partial charge on any atom is -0.313 e. The van der Waals surface area contributed by atoms with Crippen LogP contribution in [0.5, 0.6) is 0 Å². The van der Waals surface area contributed by atoms with E-state index in [1.165, 1.54) is 20.5 Å². The molecule has 1 nitrogen and oxygen atoms in total. The average Bonchev–Trinajstić information content (AvgIpc) is 2.79. The van der Waals surface area contributed by atoms with Gasteiger partial charge in [-0.05, 0) is 42.6 Å². The van der Waals surface area contributed by atoms with Crippen LogP contribution in [0.4, 0.5) is 0 Å². The van der Waals surface area contributed by atoms with Gasteiger partial charge in [0.05, 0.1) is 0 Å². The lowest BCUT2D eigenvalue weighted by molar-refractivity contribution is 0.594. The molecule has 0 fully saturated rings. The molecule has 0 saturated carbocycles. The summed E-state index contributed by atoms with van der Waals surface area (Å²) in [4.78, 5) is 1.41. The molecular weight excluding hydrogens is 294 g/mol. The Hall–Kier alpha value is -0.640. The lowest BCUT2D eigenvalue weighted by Crippen LogP contribution is -2.18. The lowest BCUT2D eigenvalue weighted by atomic mass is 10.0. The van der Waals surface area contributed by atoms with Gasteiger partial charge in [0.1, 0.15) is 0 Å². The second kappa shape index (κ2) is 5.80. The Morgan fingerprint density at radius 3 is 2.76 bits per heavy atom. The van der Waals surface area contributed by atoms with Gasteiger partial charge in [-0.1, -0.05) is 34.1 Å². The van der Waals surface area contributed by atoms with Crippen LogP contribution in [0, 0.1) is 6.92 Å². The molecule has 1 heterocycles.